The largest absolute Gasteiger partial charge is 0.421 e. The molecule has 0 aliphatic carbocycles. The van der Waals surface area contributed by atoms with Gasteiger partial charge in [0.05, 0.1) is 16.7 Å². The monoisotopic (exact) mass is 311 g/mol. The van der Waals surface area contributed by atoms with Gasteiger partial charge < -0.3 is 4.74 Å². The van der Waals surface area contributed by atoms with E-state index in [4.69, 9.17) is 4.74 Å². The number of aryl methyl sites for hydroxylation is 1. The lowest BCUT2D eigenvalue weighted by Gasteiger charge is -2.14. The Morgan fingerprint density at radius 2 is 1.78 bits per heavy atom. The van der Waals surface area contributed by atoms with E-state index in [9.17, 15) is 19.2 Å². The summed E-state index contributed by atoms with van der Waals surface area (Å²) >= 11 is 0. The van der Waals surface area contributed by atoms with Crippen molar-refractivity contribution in [1.82, 2.24) is 0 Å². The van der Waals surface area contributed by atoms with E-state index in [1.165, 1.54) is 19.1 Å². The zero-order chi connectivity index (χ0) is 17.1. The van der Waals surface area contributed by atoms with Gasteiger partial charge in [0.15, 0.2) is 11.5 Å². The van der Waals surface area contributed by atoms with Gasteiger partial charge in [-0.15, -0.1) is 0 Å². The number of carbonyl (C=O) groups is 2. The minimum Gasteiger partial charge on any atom is -0.421 e. The first-order valence-corrected chi connectivity index (χ1v) is 6.88. The standard InChI is InChI=1S/C18H14FNO3/c1-10-8-15(12(3)21)17(16(9-20)11(10)2)23-18(22)13-4-6-14(19)7-5-13/h4-8H,1-3H3. The molecule has 23 heavy (non-hydrogen) atoms. The number of ether oxygens (including phenoxy) is 1. The molecule has 0 amide bonds. The Kier molecular flexibility index (Phi) is 4.56. The summed E-state index contributed by atoms with van der Waals surface area (Å²) in [6.45, 7) is 4.82. The summed E-state index contributed by atoms with van der Waals surface area (Å²) < 4.78 is 18.2. The van der Waals surface area contributed by atoms with E-state index in [1.54, 1.807) is 19.9 Å². The van der Waals surface area contributed by atoms with Crippen LogP contribution in [-0.4, -0.2) is 11.8 Å². The van der Waals surface area contributed by atoms with Crippen LogP contribution in [0, 0.1) is 31.0 Å². The van der Waals surface area contributed by atoms with Gasteiger partial charge in [-0.2, -0.15) is 5.26 Å². The summed E-state index contributed by atoms with van der Waals surface area (Å²) in [5, 5.41) is 9.35. The molecule has 0 atom stereocenters. The molecule has 0 saturated heterocycles. The molecule has 0 aliphatic rings. The van der Waals surface area contributed by atoms with E-state index in [0.29, 0.717) is 5.56 Å². The maximum Gasteiger partial charge on any atom is 0.343 e. The molecule has 0 unspecified atom stereocenters. The molecule has 4 nitrogen and oxygen atoms in total. The molecular weight excluding hydrogens is 297 g/mol. The lowest BCUT2D eigenvalue weighted by atomic mass is 9.97. The lowest BCUT2D eigenvalue weighted by molar-refractivity contribution is 0.0732. The molecular formula is C18H14FNO3. The molecule has 0 N–H and O–H groups in total. The number of benzene rings is 2. The third kappa shape index (κ3) is 3.27. The SMILES string of the molecule is CC(=O)c1cc(C)c(C)c(C#N)c1OC(=O)c1ccc(F)cc1. The maximum absolute atomic E-state index is 12.9. The molecule has 0 saturated carbocycles. The van der Waals surface area contributed by atoms with E-state index in [0.717, 1.165) is 17.7 Å². The average molecular weight is 311 g/mol. The summed E-state index contributed by atoms with van der Waals surface area (Å²) in [5.41, 5.74) is 1.83. The fourth-order valence-corrected chi connectivity index (χ4v) is 2.13. The molecule has 0 spiro atoms. The second kappa shape index (κ2) is 6.41. The Morgan fingerprint density at radius 1 is 1.17 bits per heavy atom. The summed E-state index contributed by atoms with van der Waals surface area (Å²) in [7, 11) is 0. The van der Waals surface area contributed by atoms with Crippen LogP contribution in [0.2, 0.25) is 0 Å². The number of carbonyl (C=O) groups excluding carboxylic acids is 2. The molecule has 116 valence electrons. The van der Waals surface area contributed by atoms with Crippen molar-refractivity contribution in [2.45, 2.75) is 20.8 Å². The van der Waals surface area contributed by atoms with E-state index in [1.807, 2.05) is 6.07 Å². The smallest absolute Gasteiger partial charge is 0.343 e. The summed E-state index contributed by atoms with van der Waals surface area (Å²) in [5.74, 6) is -1.61. The van der Waals surface area contributed by atoms with E-state index in [-0.39, 0.29) is 28.2 Å². The van der Waals surface area contributed by atoms with Crippen molar-refractivity contribution in [3.63, 3.8) is 0 Å². The number of nitriles is 1. The Labute approximate surface area is 133 Å². The highest BCUT2D eigenvalue weighted by atomic mass is 19.1. The Bertz CT molecular complexity index is 833. The predicted molar refractivity (Wildman–Crippen MR) is 82.0 cm³/mol. The van der Waals surface area contributed by atoms with Gasteiger partial charge in [-0.05, 0) is 62.2 Å². The predicted octanol–water partition coefficient (Wildman–Crippen LogP) is 3.74. The van der Waals surface area contributed by atoms with Gasteiger partial charge >= 0.3 is 5.97 Å². The van der Waals surface area contributed by atoms with Gasteiger partial charge in [0.1, 0.15) is 11.9 Å². The number of rotatable bonds is 3. The number of Topliss-reactive ketones (excluding diaryl/α,β-unsaturated/α-hetero) is 1. The van der Waals surface area contributed by atoms with Gasteiger partial charge in [-0.1, -0.05) is 0 Å². The van der Waals surface area contributed by atoms with Crippen LogP contribution in [0.25, 0.3) is 0 Å². The van der Waals surface area contributed by atoms with E-state index < -0.39 is 11.8 Å². The van der Waals surface area contributed by atoms with E-state index in [2.05, 4.69) is 0 Å². The molecule has 2 rings (SSSR count). The summed E-state index contributed by atoms with van der Waals surface area (Å²) in [6.07, 6.45) is 0. The van der Waals surface area contributed by atoms with Crippen molar-refractivity contribution in [1.29, 1.82) is 5.26 Å². The van der Waals surface area contributed by atoms with Crippen LogP contribution < -0.4 is 4.74 Å². The Hall–Kier alpha value is -3.00. The number of hydrogen-bond acceptors (Lipinski definition) is 4. The first kappa shape index (κ1) is 16.4. The van der Waals surface area contributed by atoms with Crippen LogP contribution in [0.15, 0.2) is 30.3 Å². The average Bonchev–Trinajstić information content (AvgIpc) is 2.51. The maximum atomic E-state index is 12.9. The molecule has 0 heterocycles. The van der Waals surface area contributed by atoms with Crippen molar-refractivity contribution in [3.8, 4) is 11.8 Å². The van der Waals surface area contributed by atoms with Gasteiger partial charge in [-0.25, -0.2) is 9.18 Å². The highest BCUT2D eigenvalue weighted by Gasteiger charge is 2.21. The van der Waals surface area contributed by atoms with Gasteiger partial charge in [0.2, 0.25) is 0 Å². The molecule has 0 fully saturated rings. The highest BCUT2D eigenvalue weighted by Crippen LogP contribution is 2.30. The van der Waals surface area contributed by atoms with Crippen molar-refractivity contribution in [2.75, 3.05) is 0 Å². The molecule has 0 bridgehead atoms. The van der Waals surface area contributed by atoms with Crippen LogP contribution in [0.1, 0.15) is 44.3 Å². The molecule has 0 aliphatic heterocycles. The second-order valence-corrected chi connectivity index (χ2v) is 5.13. The second-order valence-electron chi connectivity index (χ2n) is 5.13. The van der Waals surface area contributed by atoms with Crippen LogP contribution in [-0.2, 0) is 0 Å². The van der Waals surface area contributed by atoms with Crippen LogP contribution >= 0.6 is 0 Å². The summed E-state index contributed by atoms with van der Waals surface area (Å²) in [4.78, 5) is 24.0. The van der Waals surface area contributed by atoms with Gasteiger partial charge in [-0.3, -0.25) is 4.79 Å². The van der Waals surface area contributed by atoms with Gasteiger partial charge in [0.25, 0.3) is 0 Å². The summed E-state index contributed by atoms with van der Waals surface area (Å²) in [6, 6.07) is 8.38. The first-order valence-electron chi connectivity index (χ1n) is 6.88. The topological polar surface area (TPSA) is 67.2 Å². The van der Waals surface area contributed by atoms with Crippen molar-refractivity contribution in [3.05, 3.63) is 64.0 Å². The number of hydrogen-bond donors (Lipinski definition) is 0. The highest BCUT2D eigenvalue weighted by molar-refractivity contribution is 6.00. The molecule has 5 heteroatoms. The third-order valence-corrected chi connectivity index (χ3v) is 3.56. The number of halogens is 1. The normalized spacial score (nSPS) is 10.0. The minimum atomic E-state index is -0.757. The Morgan fingerprint density at radius 3 is 2.30 bits per heavy atom. The van der Waals surface area contributed by atoms with Crippen molar-refractivity contribution >= 4 is 11.8 Å². The first-order chi connectivity index (χ1) is 10.8. The van der Waals surface area contributed by atoms with E-state index >= 15 is 0 Å². The zero-order valence-corrected chi connectivity index (χ0v) is 12.9. The fraction of sp³-hybridized carbons (Fsp3) is 0.167. The zero-order valence-electron chi connectivity index (χ0n) is 12.9. The minimum absolute atomic E-state index is 0.0579. The van der Waals surface area contributed by atoms with Crippen LogP contribution in [0.5, 0.6) is 5.75 Å². The quantitative estimate of drug-likeness (QED) is 0.492. The number of nitrogens with zero attached hydrogens (tertiary/aromatic N) is 1. The van der Waals surface area contributed by atoms with Crippen LogP contribution in [0.3, 0.4) is 0 Å². The number of esters is 1. The van der Waals surface area contributed by atoms with Crippen molar-refractivity contribution < 1.29 is 18.7 Å². The van der Waals surface area contributed by atoms with Crippen LogP contribution in [0.4, 0.5) is 4.39 Å². The molecule has 2 aromatic carbocycles. The van der Waals surface area contributed by atoms with Gasteiger partial charge in [0, 0.05) is 0 Å². The molecule has 0 aromatic heterocycles. The third-order valence-electron chi connectivity index (χ3n) is 3.56. The molecule has 0 radical (unpaired) electrons. The Balaban J connectivity index is 2.52. The lowest BCUT2D eigenvalue weighted by Crippen LogP contribution is -2.13. The number of ketones is 1. The molecule has 2 aromatic rings. The van der Waals surface area contributed by atoms with Crippen molar-refractivity contribution in [2.24, 2.45) is 0 Å². The fourth-order valence-electron chi connectivity index (χ4n) is 2.13.